The Morgan fingerprint density at radius 1 is 0.929 bits per heavy atom. The molecule has 2 N–H and O–H groups in total. The van der Waals surface area contributed by atoms with Crippen LogP contribution in [0.15, 0.2) is 48.5 Å². The fraction of sp³-hybridized carbons (Fsp3) is 0.364. The predicted molar refractivity (Wildman–Crippen MR) is 112 cm³/mol. The van der Waals surface area contributed by atoms with Gasteiger partial charge in [-0.05, 0) is 36.2 Å². The van der Waals surface area contributed by atoms with Gasteiger partial charge in [-0.15, -0.1) is 0 Å². The van der Waals surface area contributed by atoms with Crippen molar-refractivity contribution in [1.82, 2.24) is 9.80 Å². The number of anilines is 2. The third kappa shape index (κ3) is 5.90. The topological polar surface area (TPSA) is 64.7 Å². The van der Waals surface area contributed by atoms with Gasteiger partial charge in [-0.25, -0.2) is 0 Å². The Labute approximate surface area is 166 Å². The maximum Gasteiger partial charge on any atom is 0.238 e. The molecule has 0 aliphatic carbocycles. The Morgan fingerprint density at radius 2 is 1.61 bits per heavy atom. The molecule has 148 valence electrons. The summed E-state index contributed by atoms with van der Waals surface area (Å²) in [5.74, 6) is -0.116. The molecule has 2 aromatic carbocycles. The summed E-state index contributed by atoms with van der Waals surface area (Å²) in [4.78, 5) is 28.2. The Kier molecular flexibility index (Phi) is 6.79. The minimum atomic E-state index is -0.105. The average Bonchev–Trinajstić information content (AvgIpc) is 2.66. The van der Waals surface area contributed by atoms with Gasteiger partial charge in [0.15, 0.2) is 0 Å². The van der Waals surface area contributed by atoms with E-state index in [1.807, 2.05) is 31.2 Å². The summed E-state index contributed by atoms with van der Waals surface area (Å²) in [5.41, 5.74) is 3.76. The smallest absolute Gasteiger partial charge is 0.238 e. The Balaban J connectivity index is 1.44. The van der Waals surface area contributed by atoms with E-state index in [0.717, 1.165) is 49.7 Å². The van der Waals surface area contributed by atoms with Crippen molar-refractivity contribution < 1.29 is 9.59 Å². The highest BCUT2D eigenvalue weighted by Gasteiger charge is 2.19. The number of nitrogens with zero attached hydrogens (tertiary/aromatic N) is 2. The minimum absolute atomic E-state index is 0.0109. The first-order valence-electron chi connectivity index (χ1n) is 9.66. The highest BCUT2D eigenvalue weighted by Crippen LogP contribution is 2.19. The SMILES string of the molecule is CC(=O)Nc1ccc(NC(=O)CN2CCN(Cc3ccccc3)CC2)cc1C. The number of hydrogen-bond donors (Lipinski definition) is 2. The van der Waals surface area contributed by atoms with Gasteiger partial charge in [0, 0.05) is 51.0 Å². The molecule has 6 heteroatoms. The van der Waals surface area contributed by atoms with E-state index >= 15 is 0 Å². The summed E-state index contributed by atoms with van der Waals surface area (Å²) < 4.78 is 0. The lowest BCUT2D eigenvalue weighted by Crippen LogP contribution is -2.48. The summed E-state index contributed by atoms with van der Waals surface area (Å²) >= 11 is 0. The minimum Gasteiger partial charge on any atom is -0.326 e. The van der Waals surface area contributed by atoms with Crippen LogP contribution in [0.5, 0.6) is 0 Å². The lowest BCUT2D eigenvalue weighted by atomic mass is 10.1. The Morgan fingerprint density at radius 3 is 2.25 bits per heavy atom. The van der Waals surface area contributed by atoms with Gasteiger partial charge in [-0.1, -0.05) is 30.3 Å². The summed E-state index contributed by atoms with van der Waals surface area (Å²) in [6, 6.07) is 16.0. The zero-order valence-corrected chi connectivity index (χ0v) is 16.6. The van der Waals surface area contributed by atoms with Crippen molar-refractivity contribution in [3.8, 4) is 0 Å². The molecular formula is C22H28N4O2. The molecule has 3 rings (SSSR count). The van der Waals surface area contributed by atoms with Crippen molar-refractivity contribution in [2.24, 2.45) is 0 Å². The van der Waals surface area contributed by atoms with Gasteiger partial charge in [0.2, 0.25) is 11.8 Å². The maximum absolute atomic E-state index is 12.4. The number of rotatable bonds is 6. The van der Waals surface area contributed by atoms with Crippen LogP contribution in [0.4, 0.5) is 11.4 Å². The molecule has 1 heterocycles. The Bertz CT molecular complexity index is 815. The van der Waals surface area contributed by atoms with E-state index in [-0.39, 0.29) is 11.8 Å². The van der Waals surface area contributed by atoms with Crippen LogP contribution in [0, 0.1) is 6.92 Å². The quantitative estimate of drug-likeness (QED) is 0.809. The number of piperazine rings is 1. The zero-order valence-electron chi connectivity index (χ0n) is 16.6. The third-order valence-corrected chi connectivity index (χ3v) is 4.90. The molecule has 1 saturated heterocycles. The van der Waals surface area contributed by atoms with Gasteiger partial charge in [0.25, 0.3) is 0 Å². The molecule has 0 unspecified atom stereocenters. The van der Waals surface area contributed by atoms with E-state index in [1.54, 1.807) is 0 Å². The molecule has 2 aromatic rings. The van der Waals surface area contributed by atoms with E-state index in [2.05, 4.69) is 44.7 Å². The van der Waals surface area contributed by atoms with Gasteiger partial charge in [-0.3, -0.25) is 19.4 Å². The molecule has 0 saturated carbocycles. The van der Waals surface area contributed by atoms with Crippen LogP contribution in [0.2, 0.25) is 0 Å². The van der Waals surface area contributed by atoms with Crippen molar-refractivity contribution in [3.05, 3.63) is 59.7 Å². The molecule has 6 nitrogen and oxygen atoms in total. The normalized spacial score (nSPS) is 15.2. The zero-order chi connectivity index (χ0) is 19.9. The molecule has 2 amide bonds. The molecule has 0 spiro atoms. The molecule has 1 aliphatic rings. The van der Waals surface area contributed by atoms with Crippen LogP contribution in [0.3, 0.4) is 0 Å². The monoisotopic (exact) mass is 380 g/mol. The van der Waals surface area contributed by atoms with Crippen molar-refractivity contribution in [2.75, 3.05) is 43.4 Å². The van der Waals surface area contributed by atoms with Gasteiger partial charge < -0.3 is 10.6 Å². The highest BCUT2D eigenvalue weighted by atomic mass is 16.2. The molecule has 28 heavy (non-hydrogen) atoms. The van der Waals surface area contributed by atoms with Crippen molar-refractivity contribution >= 4 is 23.2 Å². The van der Waals surface area contributed by atoms with Gasteiger partial charge in [-0.2, -0.15) is 0 Å². The molecular weight excluding hydrogens is 352 g/mol. The number of aryl methyl sites for hydroxylation is 1. The summed E-state index contributed by atoms with van der Waals surface area (Å²) in [6.45, 7) is 8.45. The van der Waals surface area contributed by atoms with Crippen molar-refractivity contribution in [1.29, 1.82) is 0 Å². The average molecular weight is 380 g/mol. The first kappa shape index (κ1) is 20.0. The van der Waals surface area contributed by atoms with Crippen molar-refractivity contribution in [3.63, 3.8) is 0 Å². The maximum atomic E-state index is 12.4. The fourth-order valence-corrected chi connectivity index (χ4v) is 3.42. The number of hydrogen-bond acceptors (Lipinski definition) is 4. The molecule has 0 radical (unpaired) electrons. The van der Waals surface area contributed by atoms with E-state index < -0.39 is 0 Å². The van der Waals surface area contributed by atoms with Gasteiger partial charge in [0.05, 0.1) is 6.54 Å². The van der Waals surface area contributed by atoms with E-state index in [0.29, 0.717) is 6.54 Å². The van der Waals surface area contributed by atoms with E-state index in [1.165, 1.54) is 12.5 Å². The van der Waals surface area contributed by atoms with Crippen LogP contribution >= 0.6 is 0 Å². The number of carbonyl (C=O) groups is 2. The molecule has 0 aromatic heterocycles. The molecule has 0 atom stereocenters. The number of amides is 2. The van der Waals surface area contributed by atoms with Crippen LogP contribution in [0.25, 0.3) is 0 Å². The largest absolute Gasteiger partial charge is 0.326 e. The number of nitrogens with one attached hydrogen (secondary N) is 2. The lowest BCUT2D eigenvalue weighted by Gasteiger charge is -2.34. The summed E-state index contributed by atoms with van der Waals surface area (Å²) in [6.07, 6.45) is 0. The standard InChI is InChI=1S/C22H28N4O2/c1-17-14-20(8-9-21(17)23-18(2)27)24-22(28)16-26-12-10-25(11-13-26)15-19-6-4-3-5-7-19/h3-9,14H,10-13,15-16H2,1-2H3,(H,23,27)(H,24,28). The van der Waals surface area contributed by atoms with E-state index in [9.17, 15) is 9.59 Å². The van der Waals surface area contributed by atoms with Crippen molar-refractivity contribution in [2.45, 2.75) is 20.4 Å². The molecule has 0 bridgehead atoms. The second kappa shape index (κ2) is 9.48. The highest BCUT2D eigenvalue weighted by molar-refractivity contribution is 5.93. The third-order valence-electron chi connectivity index (χ3n) is 4.90. The lowest BCUT2D eigenvalue weighted by molar-refractivity contribution is -0.117. The first-order valence-corrected chi connectivity index (χ1v) is 9.66. The van der Waals surface area contributed by atoms with Crippen LogP contribution in [-0.4, -0.2) is 54.3 Å². The first-order chi connectivity index (χ1) is 13.5. The predicted octanol–water partition coefficient (Wildman–Crippen LogP) is 2.71. The van der Waals surface area contributed by atoms with Crippen LogP contribution in [0.1, 0.15) is 18.1 Å². The number of carbonyl (C=O) groups excluding carboxylic acids is 2. The van der Waals surface area contributed by atoms with Crippen LogP contribution < -0.4 is 10.6 Å². The number of benzene rings is 2. The summed E-state index contributed by atoms with van der Waals surface area (Å²) in [5, 5.41) is 5.73. The second-order valence-corrected chi connectivity index (χ2v) is 7.30. The molecule has 1 fully saturated rings. The summed E-state index contributed by atoms with van der Waals surface area (Å²) in [7, 11) is 0. The van der Waals surface area contributed by atoms with Gasteiger partial charge in [0.1, 0.15) is 0 Å². The molecule has 1 aliphatic heterocycles. The van der Waals surface area contributed by atoms with E-state index in [4.69, 9.17) is 0 Å². The fourth-order valence-electron chi connectivity index (χ4n) is 3.42. The van der Waals surface area contributed by atoms with Crippen LogP contribution in [-0.2, 0) is 16.1 Å². The van der Waals surface area contributed by atoms with Gasteiger partial charge >= 0.3 is 0 Å². The second-order valence-electron chi connectivity index (χ2n) is 7.30. The Hall–Kier alpha value is -2.70.